The van der Waals surface area contributed by atoms with Crippen LogP contribution in [0.4, 0.5) is 23.7 Å². The Balaban J connectivity index is 1.69. The maximum absolute atomic E-state index is 14.2. The number of halogens is 3. The Morgan fingerprint density at radius 3 is 2.84 bits per heavy atom. The van der Waals surface area contributed by atoms with Crippen molar-refractivity contribution >= 4 is 29.0 Å². The molecule has 3 N–H and O–H groups in total. The molecule has 0 spiro atoms. The number of likely N-dealkylation sites (tertiary alicyclic amines) is 1. The summed E-state index contributed by atoms with van der Waals surface area (Å²) in [4.78, 5) is 26.5. The summed E-state index contributed by atoms with van der Waals surface area (Å²) in [5, 5.41) is 2.55. The normalized spacial score (nSPS) is 17.9. The molecule has 2 amide bonds. The van der Waals surface area contributed by atoms with Crippen molar-refractivity contribution in [1.82, 2.24) is 10.2 Å². The van der Waals surface area contributed by atoms with Crippen LogP contribution in [0.2, 0.25) is 0 Å². The van der Waals surface area contributed by atoms with Gasteiger partial charge in [0, 0.05) is 17.8 Å². The SMILES string of the molecule is CCCCOC(=O)N1C[C@@H](NC(=O)c2sc(-c3cccc(F)c3)cc2N)CC(F)(F)C1. The summed E-state index contributed by atoms with van der Waals surface area (Å²) >= 11 is 1.04. The first-order chi connectivity index (χ1) is 14.7. The third-order valence-corrected chi connectivity index (χ3v) is 6.00. The molecule has 3 rings (SSSR count). The van der Waals surface area contributed by atoms with E-state index in [0.29, 0.717) is 16.9 Å². The Hall–Kier alpha value is -2.75. The molecular formula is C21H24F3N3O3S. The number of hydrogen-bond acceptors (Lipinski definition) is 5. The van der Waals surface area contributed by atoms with Crippen LogP contribution in [-0.4, -0.2) is 48.6 Å². The Bertz CT molecular complexity index is 951. The predicted octanol–water partition coefficient (Wildman–Crippen LogP) is 4.51. The fourth-order valence-electron chi connectivity index (χ4n) is 3.35. The number of ether oxygens (including phenoxy) is 1. The van der Waals surface area contributed by atoms with Gasteiger partial charge in [0.15, 0.2) is 0 Å². The zero-order valence-electron chi connectivity index (χ0n) is 17.0. The van der Waals surface area contributed by atoms with Gasteiger partial charge in [-0.1, -0.05) is 25.5 Å². The number of nitrogens with zero attached hydrogens (tertiary/aromatic N) is 1. The monoisotopic (exact) mass is 455 g/mol. The zero-order valence-corrected chi connectivity index (χ0v) is 17.8. The van der Waals surface area contributed by atoms with E-state index in [-0.39, 0.29) is 23.7 Å². The average Bonchev–Trinajstić information content (AvgIpc) is 3.09. The number of amides is 2. The molecule has 0 aliphatic carbocycles. The van der Waals surface area contributed by atoms with Crippen molar-refractivity contribution in [3.63, 3.8) is 0 Å². The van der Waals surface area contributed by atoms with Crippen molar-refractivity contribution < 1.29 is 27.5 Å². The minimum absolute atomic E-state index is 0.0890. The number of rotatable bonds is 6. The molecule has 31 heavy (non-hydrogen) atoms. The van der Waals surface area contributed by atoms with E-state index in [1.807, 2.05) is 6.92 Å². The smallest absolute Gasteiger partial charge is 0.410 e. The van der Waals surface area contributed by atoms with Crippen molar-refractivity contribution in [2.24, 2.45) is 0 Å². The quantitative estimate of drug-likeness (QED) is 0.628. The summed E-state index contributed by atoms with van der Waals surface area (Å²) in [6.45, 7) is 1.23. The Kier molecular flexibility index (Phi) is 7.09. The van der Waals surface area contributed by atoms with E-state index in [4.69, 9.17) is 10.5 Å². The van der Waals surface area contributed by atoms with Crippen molar-refractivity contribution in [3.8, 4) is 10.4 Å². The van der Waals surface area contributed by atoms with Gasteiger partial charge in [0.25, 0.3) is 11.8 Å². The van der Waals surface area contributed by atoms with Gasteiger partial charge < -0.3 is 20.7 Å². The van der Waals surface area contributed by atoms with Gasteiger partial charge in [-0.15, -0.1) is 11.3 Å². The topological polar surface area (TPSA) is 84.7 Å². The van der Waals surface area contributed by atoms with Crippen LogP contribution in [0.5, 0.6) is 0 Å². The lowest BCUT2D eigenvalue weighted by atomic mass is 10.0. The Morgan fingerprint density at radius 2 is 2.13 bits per heavy atom. The number of anilines is 1. The fourth-order valence-corrected chi connectivity index (χ4v) is 4.33. The van der Waals surface area contributed by atoms with Crippen LogP contribution in [-0.2, 0) is 4.74 Å². The highest BCUT2D eigenvalue weighted by molar-refractivity contribution is 7.18. The molecule has 1 saturated heterocycles. The third-order valence-electron chi connectivity index (χ3n) is 4.80. The first-order valence-electron chi connectivity index (χ1n) is 9.94. The largest absolute Gasteiger partial charge is 0.449 e. The minimum Gasteiger partial charge on any atom is -0.449 e. The van der Waals surface area contributed by atoms with Gasteiger partial charge in [-0.3, -0.25) is 4.79 Å². The Labute approximate surface area is 182 Å². The fraction of sp³-hybridized carbons (Fsp3) is 0.429. The van der Waals surface area contributed by atoms with Gasteiger partial charge in [-0.2, -0.15) is 0 Å². The molecule has 1 aliphatic rings. The number of alkyl halides is 2. The van der Waals surface area contributed by atoms with Gasteiger partial charge in [-0.05, 0) is 30.2 Å². The van der Waals surface area contributed by atoms with Crippen LogP contribution < -0.4 is 11.1 Å². The summed E-state index contributed by atoms with van der Waals surface area (Å²) in [6.07, 6.45) is 0.0271. The lowest BCUT2D eigenvalue weighted by Gasteiger charge is -2.37. The second-order valence-electron chi connectivity index (χ2n) is 7.48. The molecular weight excluding hydrogens is 431 g/mol. The molecule has 2 aromatic rings. The number of nitrogens with two attached hydrogens (primary N) is 1. The van der Waals surface area contributed by atoms with E-state index >= 15 is 0 Å². The van der Waals surface area contributed by atoms with Crippen LogP contribution in [0.1, 0.15) is 35.9 Å². The Morgan fingerprint density at radius 1 is 1.35 bits per heavy atom. The highest BCUT2D eigenvalue weighted by Crippen LogP contribution is 2.34. The predicted molar refractivity (Wildman–Crippen MR) is 113 cm³/mol. The van der Waals surface area contributed by atoms with Crippen LogP contribution in [0.3, 0.4) is 0 Å². The standard InChI is InChI=1S/C21H24F3N3O3S/c1-2-3-7-30-20(29)27-11-15(10-21(23,24)12-27)26-19(28)18-16(25)9-17(31-18)13-5-4-6-14(22)8-13/h4-6,8-9,15H,2-3,7,10-12,25H2,1H3,(H,26,28)/t15-/m0/s1. The maximum Gasteiger partial charge on any atom is 0.410 e. The summed E-state index contributed by atoms with van der Waals surface area (Å²) < 4.78 is 46.9. The highest BCUT2D eigenvalue weighted by Gasteiger charge is 2.43. The zero-order chi connectivity index (χ0) is 22.6. The lowest BCUT2D eigenvalue weighted by molar-refractivity contribution is -0.0700. The molecule has 0 unspecified atom stereocenters. The number of piperidine rings is 1. The average molecular weight is 456 g/mol. The van der Waals surface area contributed by atoms with E-state index in [1.54, 1.807) is 18.2 Å². The van der Waals surface area contributed by atoms with Crippen LogP contribution in [0.15, 0.2) is 30.3 Å². The van der Waals surface area contributed by atoms with Crippen molar-refractivity contribution in [1.29, 1.82) is 0 Å². The van der Waals surface area contributed by atoms with Crippen molar-refractivity contribution in [3.05, 3.63) is 41.0 Å². The van der Waals surface area contributed by atoms with Crippen LogP contribution in [0.25, 0.3) is 10.4 Å². The summed E-state index contributed by atoms with van der Waals surface area (Å²) in [7, 11) is 0. The van der Waals surface area contributed by atoms with Crippen molar-refractivity contribution in [2.45, 2.75) is 38.2 Å². The number of carbonyl (C=O) groups excluding carboxylic acids is 2. The van der Waals surface area contributed by atoms with E-state index in [2.05, 4.69) is 5.32 Å². The van der Waals surface area contributed by atoms with Gasteiger partial charge in [0.1, 0.15) is 10.7 Å². The molecule has 1 atom stereocenters. The number of nitrogens with one attached hydrogen (secondary N) is 1. The molecule has 0 radical (unpaired) electrons. The van der Waals surface area contributed by atoms with E-state index in [9.17, 15) is 22.8 Å². The van der Waals surface area contributed by atoms with Gasteiger partial charge in [-0.25, -0.2) is 18.0 Å². The molecule has 6 nitrogen and oxygen atoms in total. The molecule has 0 bridgehead atoms. The molecule has 10 heteroatoms. The first kappa shape index (κ1) is 22.9. The van der Waals surface area contributed by atoms with E-state index in [0.717, 1.165) is 22.7 Å². The molecule has 1 aliphatic heterocycles. The number of nitrogen functional groups attached to an aromatic ring is 1. The van der Waals surface area contributed by atoms with Gasteiger partial charge >= 0.3 is 6.09 Å². The second-order valence-corrected chi connectivity index (χ2v) is 8.54. The van der Waals surface area contributed by atoms with Gasteiger partial charge in [0.05, 0.1) is 24.9 Å². The molecule has 0 saturated carbocycles. The minimum atomic E-state index is -3.16. The van der Waals surface area contributed by atoms with E-state index in [1.165, 1.54) is 12.1 Å². The molecule has 1 aromatic heterocycles. The van der Waals surface area contributed by atoms with Crippen LogP contribution in [0, 0.1) is 5.82 Å². The molecule has 1 aromatic carbocycles. The second kappa shape index (κ2) is 9.59. The molecule has 1 fully saturated rings. The number of benzene rings is 1. The maximum atomic E-state index is 14.2. The summed E-state index contributed by atoms with van der Waals surface area (Å²) in [5.41, 5.74) is 6.67. The highest BCUT2D eigenvalue weighted by atomic mass is 32.1. The number of thiophene rings is 1. The molecule has 2 heterocycles. The van der Waals surface area contributed by atoms with Gasteiger partial charge in [0.2, 0.25) is 0 Å². The molecule has 168 valence electrons. The summed E-state index contributed by atoms with van der Waals surface area (Å²) in [6, 6.07) is 6.42. The third kappa shape index (κ3) is 5.90. The van der Waals surface area contributed by atoms with Crippen molar-refractivity contribution in [2.75, 3.05) is 25.4 Å². The summed E-state index contributed by atoms with van der Waals surface area (Å²) in [5.74, 6) is -4.20. The van der Waals surface area contributed by atoms with E-state index < -0.39 is 42.7 Å². The van der Waals surface area contributed by atoms with Crippen LogP contribution >= 0.6 is 11.3 Å². The number of unbranched alkanes of at least 4 members (excludes halogenated alkanes) is 1. The first-order valence-corrected chi connectivity index (χ1v) is 10.8. The number of carbonyl (C=O) groups is 2. The lowest BCUT2D eigenvalue weighted by Crippen LogP contribution is -2.56. The number of hydrogen-bond donors (Lipinski definition) is 2.